The Kier molecular flexibility index (Phi) is 2.43. The molecular weight excluding hydrogens is 268 g/mol. The van der Waals surface area contributed by atoms with Crippen molar-refractivity contribution in [1.29, 1.82) is 0 Å². The molecule has 0 aliphatic heterocycles. The van der Waals surface area contributed by atoms with Crippen LogP contribution in [0.4, 0.5) is 4.79 Å². The standard InChI is InChI=1S/C9H5BrO3S/c10-7-5-3-1-2-4-6(5)14-8(7)13-9(11)12/h1-4H,(H,11,12). The molecule has 1 aromatic heterocycles. The number of ether oxygens (including phenoxy) is 1. The Morgan fingerprint density at radius 1 is 1.43 bits per heavy atom. The summed E-state index contributed by atoms with van der Waals surface area (Å²) in [5.74, 6) is 0. The first-order valence-electron chi connectivity index (χ1n) is 3.76. The van der Waals surface area contributed by atoms with E-state index in [1.807, 2.05) is 24.3 Å². The largest absolute Gasteiger partial charge is 0.512 e. The number of hydrogen-bond donors (Lipinski definition) is 1. The van der Waals surface area contributed by atoms with Gasteiger partial charge in [0, 0.05) is 10.1 Å². The molecule has 1 heterocycles. The van der Waals surface area contributed by atoms with Crippen LogP contribution in [0, 0.1) is 0 Å². The maximum atomic E-state index is 10.4. The summed E-state index contributed by atoms with van der Waals surface area (Å²) in [6.07, 6.45) is -1.29. The van der Waals surface area contributed by atoms with E-state index in [9.17, 15) is 4.79 Å². The first-order chi connectivity index (χ1) is 6.68. The highest BCUT2D eigenvalue weighted by molar-refractivity contribution is 9.10. The molecule has 0 aliphatic carbocycles. The average Bonchev–Trinajstić information content (AvgIpc) is 2.44. The van der Waals surface area contributed by atoms with Gasteiger partial charge < -0.3 is 9.84 Å². The highest BCUT2D eigenvalue weighted by Crippen LogP contribution is 2.41. The minimum absolute atomic E-state index is 0.374. The van der Waals surface area contributed by atoms with Gasteiger partial charge in [0.05, 0.1) is 4.47 Å². The van der Waals surface area contributed by atoms with Crippen LogP contribution in [-0.4, -0.2) is 11.3 Å². The Morgan fingerprint density at radius 2 is 2.14 bits per heavy atom. The van der Waals surface area contributed by atoms with E-state index in [1.165, 1.54) is 11.3 Å². The van der Waals surface area contributed by atoms with E-state index in [4.69, 9.17) is 5.11 Å². The summed E-state index contributed by atoms with van der Waals surface area (Å²) in [5.41, 5.74) is 0. The molecule has 0 bridgehead atoms. The lowest BCUT2D eigenvalue weighted by molar-refractivity contribution is 0.145. The average molecular weight is 273 g/mol. The van der Waals surface area contributed by atoms with Crippen molar-refractivity contribution in [1.82, 2.24) is 0 Å². The van der Waals surface area contributed by atoms with Crippen molar-refractivity contribution in [3.05, 3.63) is 28.7 Å². The van der Waals surface area contributed by atoms with E-state index in [1.54, 1.807) is 0 Å². The van der Waals surface area contributed by atoms with E-state index in [2.05, 4.69) is 20.7 Å². The van der Waals surface area contributed by atoms with Crippen LogP contribution >= 0.6 is 27.3 Å². The maximum absolute atomic E-state index is 10.4. The summed E-state index contributed by atoms with van der Waals surface area (Å²) in [5, 5.41) is 9.82. The van der Waals surface area contributed by atoms with Gasteiger partial charge in [-0.05, 0) is 22.0 Å². The van der Waals surface area contributed by atoms with Gasteiger partial charge in [-0.25, -0.2) is 4.79 Å². The Bertz CT molecular complexity index is 492. The molecule has 5 heteroatoms. The molecule has 72 valence electrons. The summed E-state index contributed by atoms with van der Waals surface area (Å²) in [4.78, 5) is 10.4. The quantitative estimate of drug-likeness (QED) is 0.805. The number of fused-ring (bicyclic) bond motifs is 1. The van der Waals surface area contributed by atoms with E-state index < -0.39 is 6.16 Å². The molecular formula is C9H5BrO3S. The molecule has 0 amide bonds. The number of rotatable bonds is 1. The first-order valence-corrected chi connectivity index (χ1v) is 5.37. The highest BCUT2D eigenvalue weighted by atomic mass is 79.9. The lowest BCUT2D eigenvalue weighted by Gasteiger charge is -1.94. The zero-order valence-electron chi connectivity index (χ0n) is 6.86. The lowest BCUT2D eigenvalue weighted by atomic mass is 10.3. The minimum Gasteiger partial charge on any atom is -0.449 e. The van der Waals surface area contributed by atoms with Gasteiger partial charge in [0.2, 0.25) is 5.06 Å². The van der Waals surface area contributed by atoms with E-state index in [0.717, 1.165) is 10.1 Å². The summed E-state index contributed by atoms with van der Waals surface area (Å²) in [7, 11) is 0. The molecule has 0 aliphatic rings. The van der Waals surface area contributed by atoms with Crippen molar-refractivity contribution in [3.8, 4) is 5.06 Å². The number of benzene rings is 1. The summed E-state index contributed by atoms with van der Waals surface area (Å²) >= 11 is 4.60. The molecule has 2 rings (SSSR count). The highest BCUT2D eigenvalue weighted by Gasteiger charge is 2.12. The molecule has 0 fully saturated rings. The maximum Gasteiger partial charge on any atom is 0.512 e. The number of halogens is 1. The van der Waals surface area contributed by atoms with Crippen molar-refractivity contribution in [2.24, 2.45) is 0 Å². The van der Waals surface area contributed by atoms with E-state index in [-0.39, 0.29) is 0 Å². The van der Waals surface area contributed by atoms with Crippen LogP contribution < -0.4 is 4.74 Å². The third kappa shape index (κ3) is 1.60. The predicted molar refractivity (Wildman–Crippen MR) is 58.2 cm³/mol. The predicted octanol–water partition coefficient (Wildman–Crippen LogP) is 3.72. The molecule has 0 radical (unpaired) electrons. The molecule has 0 spiro atoms. The van der Waals surface area contributed by atoms with Crippen LogP contribution in [0.25, 0.3) is 10.1 Å². The van der Waals surface area contributed by atoms with Crippen molar-refractivity contribution in [2.45, 2.75) is 0 Å². The number of hydrogen-bond acceptors (Lipinski definition) is 3. The number of carbonyl (C=O) groups is 1. The van der Waals surface area contributed by atoms with Crippen LogP contribution in [0.2, 0.25) is 0 Å². The van der Waals surface area contributed by atoms with Crippen LogP contribution in [0.5, 0.6) is 5.06 Å². The van der Waals surface area contributed by atoms with Gasteiger partial charge in [-0.2, -0.15) is 0 Å². The van der Waals surface area contributed by atoms with Crippen molar-refractivity contribution >= 4 is 43.5 Å². The summed E-state index contributed by atoms with van der Waals surface area (Å²) < 4.78 is 6.31. The van der Waals surface area contributed by atoms with Gasteiger partial charge in [-0.1, -0.05) is 29.5 Å². The van der Waals surface area contributed by atoms with Crippen LogP contribution in [0.15, 0.2) is 28.7 Å². The summed E-state index contributed by atoms with van der Waals surface area (Å²) in [6.45, 7) is 0. The van der Waals surface area contributed by atoms with Crippen LogP contribution in [-0.2, 0) is 0 Å². The van der Waals surface area contributed by atoms with Crippen molar-refractivity contribution in [3.63, 3.8) is 0 Å². The zero-order chi connectivity index (χ0) is 10.1. The Balaban J connectivity index is 2.57. The second-order valence-electron chi connectivity index (χ2n) is 2.57. The lowest BCUT2D eigenvalue weighted by Crippen LogP contribution is -2.01. The van der Waals surface area contributed by atoms with Gasteiger partial charge >= 0.3 is 6.16 Å². The van der Waals surface area contributed by atoms with Gasteiger partial charge in [-0.3, -0.25) is 0 Å². The van der Waals surface area contributed by atoms with E-state index >= 15 is 0 Å². The Morgan fingerprint density at radius 3 is 2.79 bits per heavy atom. The number of thiophene rings is 1. The Labute approximate surface area is 92.1 Å². The minimum atomic E-state index is -1.29. The molecule has 0 saturated heterocycles. The molecule has 14 heavy (non-hydrogen) atoms. The van der Waals surface area contributed by atoms with Crippen LogP contribution in [0.1, 0.15) is 0 Å². The smallest absolute Gasteiger partial charge is 0.449 e. The molecule has 0 unspecified atom stereocenters. The molecule has 1 aromatic carbocycles. The second-order valence-corrected chi connectivity index (χ2v) is 4.38. The molecule has 1 N–H and O–H groups in total. The fraction of sp³-hybridized carbons (Fsp3) is 0. The normalized spacial score (nSPS) is 10.4. The monoisotopic (exact) mass is 272 g/mol. The third-order valence-electron chi connectivity index (χ3n) is 1.69. The van der Waals surface area contributed by atoms with Crippen molar-refractivity contribution < 1.29 is 14.6 Å². The zero-order valence-corrected chi connectivity index (χ0v) is 9.26. The van der Waals surface area contributed by atoms with Gasteiger partial charge in [0.1, 0.15) is 0 Å². The van der Waals surface area contributed by atoms with Gasteiger partial charge in [0.15, 0.2) is 0 Å². The van der Waals surface area contributed by atoms with Gasteiger partial charge in [-0.15, -0.1) is 0 Å². The fourth-order valence-electron chi connectivity index (χ4n) is 1.14. The SMILES string of the molecule is O=C(O)Oc1sc2ccccc2c1Br. The van der Waals surface area contributed by atoms with Gasteiger partial charge in [0.25, 0.3) is 0 Å². The summed E-state index contributed by atoms with van der Waals surface area (Å²) in [6, 6.07) is 7.62. The van der Waals surface area contributed by atoms with E-state index in [0.29, 0.717) is 9.54 Å². The molecule has 2 aromatic rings. The Hall–Kier alpha value is -1.07. The molecule has 0 atom stereocenters. The van der Waals surface area contributed by atoms with Crippen LogP contribution in [0.3, 0.4) is 0 Å². The third-order valence-corrected chi connectivity index (χ3v) is 3.78. The molecule has 3 nitrogen and oxygen atoms in total. The second kappa shape index (κ2) is 3.59. The topological polar surface area (TPSA) is 46.5 Å². The molecule has 0 saturated carbocycles. The number of carboxylic acid groups (broad SMARTS) is 1. The fourth-order valence-corrected chi connectivity index (χ4v) is 2.88. The van der Waals surface area contributed by atoms with Crippen molar-refractivity contribution in [2.75, 3.05) is 0 Å². The first kappa shape index (κ1) is 9.48.